The van der Waals surface area contributed by atoms with Crippen LogP contribution in [0.15, 0.2) is 30.4 Å². The fraction of sp³-hybridized carbons (Fsp3) is 0.519. The maximum atomic E-state index is 12.4. The van der Waals surface area contributed by atoms with Gasteiger partial charge in [-0.15, -0.1) is 0 Å². The van der Waals surface area contributed by atoms with Gasteiger partial charge in [0, 0.05) is 37.5 Å². The van der Waals surface area contributed by atoms with Crippen molar-refractivity contribution in [1.29, 1.82) is 0 Å². The first kappa shape index (κ1) is 33.9. The van der Waals surface area contributed by atoms with Crippen molar-refractivity contribution in [1.82, 2.24) is 15.5 Å². The third-order valence-electron chi connectivity index (χ3n) is 5.04. The minimum Gasteiger partial charge on any atom is -0.347 e. The molecule has 0 aliphatic carbocycles. The Morgan fingerprint density at radius 1 is 1.08 bits per heavy atom. The van der Waals surface area contributed by atoms with E-state index in [1.807, 2.05) is 19.1 Å². The van der Waals surface area contributed by atoms with Crippen molar-refractivity contribution in [3.05, 3.63) is 41.5 Å². The van der Waals surface area contributed by atoms with Gasteiger partial charge in [0.05, 0.1) is 6.54 Å². The minimum absolute atomic E-state index is 0.216. The first-order chi connectivity index (χ1) is 17.6. The topological polar surface area (TPSA) is 125 Å². The molecule has 1 unspecified atom stereocenters. The number of carbonyl (C=O) groups excluding carboxylic acids is 5. The fourth-order valence-electron chi connectivity index (χ4n) is 3.00. The zero-order valence-electron chi connectivity index (χ0n) is 22.6. The second kappa shape index (κ2) is 20.0. The normalized spacial score (nSPS) is 11.1. The van der Waals surface area contributed by atoms with Crippen molar-refractivity contribution >= 4 is 48.2 Å². The van der Waals surface area contributed by atoms with Crippen molar-refractivity contribution in [3.63, 3.8) is 0 Å². The molecule has 0 saturated carbocycles. The van der Waals surface area contributed by atoms with E-state index < -0.39 is 11.9 Å². The van der Waals surface area contributed by atoms with Gasteiger partial charge in [0.2, 0.25) is 23.6 Å². The highest BCUT2D eigenvalue weighted by Crippen LogP contribution is 2.17. The van der Waals surface area contributed by atoms with Gasteiger partial charge in [0.15, 0.2) is 0 Å². The summed E-state index contributed by atoms with van der Waals surface area (Å²) >= 11 is 4.23. The van der Waals surface area contributed by atoms with Crippen molar-refractivity contribution < 1.29 is 24.0 Å². The van der Waals surface area contributed by atoms with E-state index in [1.165, 1.54) is 17.4 Å². The molecular weight excluding hydrogens is 492 g/mol. The number of nitrogens with one attached hydrogen (secondary N) is 3. The van der Waals surface area contributed by atoms with E-state index in [1.54, 1.807) is 20.0 Å². The number of benzene rings is 1. The summed E-state index contributed by atoms with van der Waals surface area (Å²) < 4.78 is 0. The SMILES string of the molecule is CCC.Cc1cc(CS)ccc1NC(=O)C(C)NC(=O)CNC(=O)CCCCCN(C)C(=O)/C=C\C=O. The molecular formula is C27H42N4O5S. The van der Waals surface area contributed by atoms with E-state index in [0.717, 1.165) is 23.6 Å². The number of aldehydes is 1. The molecule has 10 heteroatoms. The standard InChI is InChI=1S/C24H34N4O5S.C3H8/c1-17-14-19(16-34)10-11-20(17)27-24(33)18(2)26-22(31)15-25-21(30)8-5-4-6-12-28(3)23(32)9-7-13-29;1-3-2/h7,9-11,13-14,18,34H,4-6,8,12,15-16H2,1-3H3,(H,25,30)(H,26,31)(H,27,33);3H2,1-2H3/b9-7-;. The van der Waals surface area contributed by atoms with Crippen LogP contribution in [-0.2, 0) is 29.7 Å². The molecule has 0 radical (unpaired) electrons. The Morgan fingerprint density at radius 2 is 1.76 bits per heavy atom. The molecule has 9 nitrogen and oxygen atoms in total. The van der Waals surface area contributed by atoms with Crippen LogP contribution in [-0.4, -0.2) is 61.0 Å². The Bertz CT molecular complexity index is 920. The number of aryl methyl sites for hydroxylation is 1. The summed E-state index contributed by atoms with van der Waals surface area (Å²) in [7, 11) is 1.64. The summed E-state index contributed by atoms with van der Waals surface area (Å²) in [5, 5.41) is 7.90. The Balaban J connectivity index is 0.00000410. The first-order valence-electron chi connectivity index (χ1n) is 12.5. The predicted molar refractivity (Wildman–Crippen MR) is 150 cm³/mol. The van der Waals surface area contributed by atoms with Gasteiger partial charge in [0.25, 0.3) is 0 Å². The van der Waals surface area contributed by atoms with E-state index in [9.17, 15) is 24.0 Å². The highest BCUT2D eigenvalue weighted by molar-refractivity contribution is 7.79. The monoisotopic (exact) mass is 534 g/mol. The van der Waals surface area contributed by atoms with Crippen LogP contribution < -0.4 is 16.0 Å². The number of hydrogen-bond donors (Lipinski definition) is 4. The number of carbonyl (C=O) groups is 5. The molecule has 4 amide bonds. The summed E-state index contributed by atoms with van der Waals surface area (Å²) in [5.41, 5.74) is 2.61. The van der Waals surface area contributed by atoms with E-state index in [2.05, 4.69) is 42.4 Å². The van der Waals surface area contributed by atoms with Gasteiger partial charge in [0.1, 0.15) is 12.3 Å². The van der Waals surface area contributed by atoms with Crippen molar-refractivity contribution in [2.75, 3.05) is 25.5 Å². The summed E-state index contributed by atoms with van der Waals surface area (Å²) in [6.07, 6.45) is 6.48. The lowest BCUT2D eigenvalue weighted by atomic mass is 10.1. The maximum Gasteiger partial charge on any atom is 0.246 e. The molecule has 0 saturated heterocycles. The van der Waals surface area contributed by atoms with Crippen LogP contribution in [0.4, 0.5) is 5.69 Å². The molecule has 0 aromatic heterocycles. The molecule has 0 aliphatic rings. The molecule has 0 bridgehead atoms. The molecule has 0 fully saturated rings. The highest BCUT2D eigenvalue weighted by atomic mass is 32.1. The van der Waals surface area contributed by atoms with Gasteiger partial charge < -0.3 is 20.9 Å². The molecule has 0 heterocycles. The molecule has 206 valence electrons. The lowest BCUT2D eigenvalue weighted by Crippen LogP contribution is -2.45. The molecule has 1 atom stereocenters. The molecule has 37 heavy (non-hydrogen) atoms. The van der Waals surface area contributed by atoms with Crippen LogP contribution in [0.2, 0.25) is 0 Å². The number of allylic oxidation sites excluding steroid dienone is 1. The first-order valence-corrected chi connectivity index (χ1v) is 13.2. The smallest absolute Gasteiger partial charge is 0.246 e. The van der Waals surface area contributed by atoms with Crippen LogP contribution in [0, 0.1) is 6.92 Å². The van der Waals surface area contributed by atoms with E-state index >= 15 is 0 Å². The number of rotatable bonds is 14. The zero-order chi connectivity index (χ0) is 28.2. The van der Waals surface area contributed by atoms with Gasteiger partial charge in [-0.1, -0.05) is 38.8 Å². The van der Waals surface area contributed by atoms with Crippen molar-refractivity contribution in [2.45, 2.75) is 71.6 Å². The average molecular weight is 535 g/mol. The number of nitrogens with zero attached hydrogens (tertiary/aromatic N) is 1. The van der Waals surface area contributed by atoms with E-state index in [4.69, 9.17) is 0 Å². The largest absolute Gasteiger partial charge is 0.347 e. The summed E-state index contributed by atoms with van der Waals surface area (Å²) in [4.78, 5) is 59.7. The number of amides is 4. The Hall–Kier alpha value is -3.14. The molecule has 0 aliphatic heterocycles. The second-order valence-corrected chi connectivity index (χ2v) is 8.95. The minimum atomic E-state index is -0.769. The number of unbranched alkanes of at least 4 members (excludes halogenated alkanes) is 2. The van der Waals surface area contributed by atoms with Crippen molar-refractivity contribution in [2.24, 2.45) is 0 Å². The Kier molecular flexibility index (Phi) is 18.3. The van der Waals surface area contributed by atoms with Crippen LogP contribution >= 0.6 is 12.6 Å². The summed E-state index contributed by atoms with van der Waals surface area (Å²) in [5.74, 6) is -0.716. The number of hydrogen-bond acceptors (Lipinski definition) is 6. The molecule has 1 aromatic rings. The van der Waals surface area contributed by atoms with Crippen LogP contribution in [0.1, 0.15) is 64.0 Å². The van der Waals surface area contributed by atoms with Gasteiger partial charge in [-0.3, -0.25) is 24.0 Å². The number of anilines is 1. The molecule has 1 rings (SSSR count). The quantitative estimate of drug-likeness (QED) is 0.126. The van der Waals surface area contributed by atoms with Gasteiger partial charge >= 0.3 is 0 Å². The van der Waals surface area contributed by atoms with Gasteiger partial charge in [-0.25, -0.2) is 0 Å². The third kappa shape index (κ3) is 15.6. The zero-order valence-corrected chi connectivity index (χ0v) is 23.5. The predicted octanol–water partition coefficient (Wildman–Crippen LogP) is 3.17. The van der Waals surface area contributed by atoms with Crippen LogP contribution in [0.5, 0.6) is 0 Å². The Labute approximate surface area is 226 Å². The van der Waals surface area contributed by atoms with Gasteiger partial charge in [-0.05, 0) is 50.0 Å². The Morgan fingerprint density at radius 3 is 2.35 bits per heavy atom. The highest BCUT2D eigenvalue weighted by Gasteiger charge is 2.17. The van der Waals surface area contributed by atoms with Crippen LogP contribution in [0.25, 0.3) is 0 Å². The number of likely N-dealkylation sites (N-methyl/N-ethyl adjacent to an activating group) is 1. The van der Waals surface area contributed by atoms with Gasteiger partial charge in [-0.2, -0.15) is 12.6 Å². The summed E-state index contributed by atoms with van der Waals surface area (Å²) in [6.45, 7) is 8.01. The van der Waals surface area contributed by atoms with Crippen molar-refractivity contribution in [3.8, 4) is 0 Å². The van der Waals surface area contributed by atoms with E-state index in [0.29, 0.717) is 37.1 Å². The van der Waals surface area contributed by atoms with E-state index in [-0.39, 0.29) is 30.7 Å². The second-order valence-electron chi connectivity index (χ2n) is 8.64. The fourth-order valence-corrected chi connectivity index (χ4v) is 3.20. The lowest BCUT2D eigenvalue weighted by Gasteiger charge is -2.16. The average Bonchev–Trinajstić information content (AvgIpc) is 2.87. The molecule has 1 aromatic carbocycles. The maximum absolute atomic E-state index is 12.4. The summed E-state index contributed by atoms with van der Waals surface area (Å²) in [6, 6.07) is 4.84. The number of thiol groups is 1. The molecule has 3 N–H and O–H groups in total. The third-order valence-corrected chi connectivity index (χ3v) is 5.40. The lowest BCUT2D eigenvalue weighted by molar-refractivity contribution is -0.128. The van der Waals surface area contributed by atoms with Crippen LogP contribution in [0.3, 0.4) is 0 Å². The molecule has 0 spiro atoms.